The maximum absolute atomic E-state index is 13.1. The molecule has 0 aliphatic carbocycles. The van der Waals surface area contributed by atoms with Gasteiger partial charge in [0.2, 0.25) is 5.91 Å². The number of benzene rings is 2. The van der Waals surface area contributed by atoms with Gasteiger partial charge in [-0.3, -0.25) is 9.52 Å². The molecule has 3 rings (SSSR count). The molecule has 0 aromatic heterocycles. The summed E-state index contributed by atoms with van der Waals surface area (Å²) in [4.78, 5) is 13.2. The number of nitrogens with one attached hydrogen (secondary N) is 1. The van der Waals surface area contributed by atoms with Crippen molar-refractivity contribution in [3.05, 3.63) is 53.3 Å². The first-order chi connectivity index (χ1) is 10.8. The molecule has 2 aromatic rings. The van der Waals surface area contributed by atoms with Crippen molar-refractivity contribution in [2.75, 3.05) is 16.7 Å². The molecule has 0 saturated carbocycles. The molecule has 0 unspecified atom stereocenters. The van der Waals surface area contributed by atoms with E-state index in [9.17, 15) is 17.6 Å². The molecular weight excluding hydrogens is 319 g/mol. The Kier molecular flexibility index (Phi) is 3.60. The molecule has 0 bridgehead atoms. The standard InChI is InChI=1S/C16H15FN2O3S/c1-10-7-12(17)3-6-15(10)23(21,22)18-13-4-5-14-11(8-13)9-16(20)19(14)2/h3-8,18H,9H2,1-2H3. The number of halogens is 1. The topological polar surface area (TPSA) is 66.5 Å². The third-order valence-electron chi connectivity index (χ3n) is 3.84. The van der Waals surface area contributed by atoms with Crippen LogP contribution in [0.2, 0.25) is 0 Å². The van der Waals surface area contributed by atoms with Gasteiger partial charge in [0.05, 0.1) is 11.3 Å². The lowest BCUT2D eigenvalue weighted by Crippen LogP contribution is -2.20. The van der Waals surface area contributed by atoms with Gasteiger partial charge in [0, 0.05) is 18.4 Å². The van der Waals surface area contributed by atoms with Crippen LogP contribution in [0.1, 0.15) is 11.1 Å². The Morgan fingerprint density at radius 1 is 1.17 bits per heavy atom. The van der Waals surface area contributed by atoms with Gasteiger partial charge in [0.25, 0.3) is 10.0 Å². The van der Waals surface area contributed by atoms with Crippen LogP contribution in [-0.2, 0) is 21.2 Å². The number of rotatable bonds is 3. The van der Waals surface area contributed by atoms with Crippen molar-refractivity contribution < 1.29 is 17.6 Å². The Morgan fingerprint density at radius 3 is 2.61 bits per heavy atom. The van der Waals surface area contributed by atoms with Gasteiger partial charge in [0.15, 0.2) is 0 Å². The monoisotopic (exact) mass is 334 g/mol. The van der Waals surface area contributed by atoms with E-state index in [0.29, 0.717) is 11.3 Å². The molecule has 23 heavy (non-hydrogen) atoms. The highest BCUT2D eigenvalue weighted by Gasteiger charge is 2.25. The van der Waals surface area contributed by atoms with Gasteiger partial charge in [-0.05, 0) is 54.4 Å². The first-order valence-electron chi connectivity index (χ1n) is 6.96. The van der Waals surface area contributed by atoms with Crippen molar-refractivity contribution in [1.82, 2.24) is 0 Å². The molecule has 2 aromatic carbocycles. The maximum atomic E-state index is 13.1. The zero-order chi connectivity index (χ0) is 16.8. The summed E-state index contributed by atoms with van der Waals surface area (Å²) in [6, 6.07) is 8.47. The number of carbonyl (C=O) groups excluding carboxylic acids is 1. The second-order valence-electron chi connectivity index (χ2n) is 5.49. The minimum absolute atomic E-state index is 0.0209. The average Bonchev–Trinajstić information content (AvgIpc) is 2.72. The number of carbonyl (C=O) groups is 1. The minimum atomic E-state index is -3.82. The number of sulfonamides is 1. The van der Waals surface area contributed by atoms with E-state index in [-0.39, 0.29) is 17.2 Å². The molecule has 1 aliphatic rings. The first kappa shape index (κ1) is 15.5. The van der Waals surface area contributed by atoms with E-state index >= 15 is 0 Å². The number of amides is 1. The molecule has 1 heterocycles. The number of aryl methyl sites for hydroxylation is 1. The molecule has 7 heteroatoms. The predicted molar refractivity (Wildman–Crippen MR) is 85.5 cm³/mol. The molecule has 0 radical (unpaired) electrons. The van der Waals surface area contributed by atoms with Crippen LogP contribution in [0.3, 0.4) is 0 Å². The maximum Gasteiger partial charge on any atom is 0.262 e. The fraction of sp³-hybridized carbons (Fsp3) is 0.188. The fourth-order valence-corrected chi connectivity index (χ4v) is 3.94. The summed E-state index contributed by atoms with van der Waals surface area (Å²) >= 11 is 0. The summed E-state index contributed by atoms with van der Waals surface area (Å²) in [7, 11) is -2.14. The highest BCUT2D eigenvalue weighted by molar-refractivity contribution is 7.92. The van der Waals surface area contributed by atoms with E-state index in [2.05, 4.69) is 4.72 Å². The summed E-state index contributed by atoms with van der Waals surface area (Å²) in [5, 5.41) is 0. The lowest BCUT2D eigenvalue weighted by Gasteiger charge is -2.13. The van der Waals surface area contributed by atoms with E-state index in [0.717, 1.165) is 17.3 Å². The Morgan fingerprint density at radius 2 is 1.91 bits per heavy atom. The minimum Gasteiger partial charge on any atom is -0.315 e. The van der Waals surface area contributed by atoms with E-state index in [1.165, 1.54) is 24.0 Å². The highest BCUT2D eigenvalue weighted by Crippen LogP contribution is 2.31. The lowest BCUT2D eigenvalue weighted by atomic mass is 10.1. The summed E-state index contributed by atoms with van der Waals surface area (Å²) in [6.07, 6.45) is 0.247. The van der Waals surface area contributed by atoms with Gasteiger partial charge in [-0.2, -0.15) is 0 Å². The zero-order valence-electron chi connectivity index (χ0n) is 12.6. The molecular formula is C16H15FN2O3S. The van der Waals surface area contributed by atoms with Crippen LogP contribution in [0.15, 0.2) is 41.3 Å². The molecule has 0 fully saturated rings. The van der Waals surface area contributed by atoms with Crippen molar-refractivity contribution in [3.63, 3.8) is 0 Å². The van der Waals surface area contributed by atoms with Gasteiger partial charge < -0.3 is 4.90 Å². The van der Waals surface area contributed by atoms with Gasteiger partial charge in [-0.1, -0.05) is 0 Å². The zero-order valence-corrected chi connectivity index (χ0v) is 13.4. The second-order valence-corrected chi connectivity index (χ2v) is 7.14. The van der Waals surface area contributed by atoms with Crippen molar-refractivity contribution >= 4 is 27.3 Å². The van der Waals surface area contributed by atoms with Gasteiger partial charge >= 0.3 is 0 Å². The molecule has 120 valence electrons. The van der Waals surface area contributed by atoms with Crippen LogP contribution in [0.5, 0.6) is 0 Å². The molecule has 0 spiro atoms. The van der Waals surface area contributed by atoms with Crippen molar-refractivity contribution in [2.45, 2.75) is 18.2 Å². The third kappa shape index (κ3) is 2.79. The van der Waals surface area contributed by atoms with Gasteiger partial charge in [-0.25, -0.2) is 12.8 Å². The van der Waals surface area contributed by atoms with Crippen LogP contribution < -0.4 is 9.62 Å². The molecule has 1 amide bonds. The van der Waals surface area contributed by atoms with Gasteiger partial charge in [0.1, 0.15) is 5.82 Å². The smallest absolute Gasteiger partial charge is 0.262 e. The van der Waals surface area contributed by atoms with Crippen LogP contribution in [-0.4, -0.2) is 21.4 Å². The normalized spacial score (nSPS) is 14.0. The third-order valence-corrected chi connectivity index (χ3v) is 5.38. The summed E-state index contributed by atoms with van der Waals surface area (Å²) in [5.41, 5.74) is 2.24. The number of anilines is 2. The van der Waals surface area contributed by atoms with E-state index in [1.807, 2.05) is 0 Å². The van der Waals surface area contributed by atoms with E-state index in [4.69, 9.17) is 0 Å². The van der Waals surface area contributed by atoms with Crippen LogP contribution in [0, 0.1) is 12.7 Å². The quantitative estimate of drug-likeness (QED) is 0.937. The molecule has 1 N–H and O–H groups in total. The second kappa shape index (κ2) is 5.34. The Balaban J connectivity index is 1.93. The van der Waals surface area contributed by atoms with Crippen LogP contribution in [0.25, 0.3) is 0 Å². The first-order valence-corrected chi connectivity index (χ1v) is 8.45. The molecule has 5 nitrogen and oxygen atoms in total. The Bertz CT molecular complexity index is 910. The number of fused-ring (bicyclic) bond motifs is 1. The number of nitrogens with zero attached hydrogens (tertiary/aromatic N) is 1. The number of hydrogen-bond donors (Lipinski definition) is 1. The van der Waals surface area contributed by atoms with Crippen molar-refractivity contribution in [2.24, 2.45) is 0 Å². The van der Waals surface area contributed by atoms with Crippen LogP contribution in [0.4, 0.5) is 15.8 Å². The van der Waals surface area contributed by atoms with Crippen molar-refractivity contribution in [3.8, 4) is 0 Å². The largest absolute Gasteiger partial charge is 0.315 e. The SMILES string of the molecule is Cc1cc(F)ccc1S(=O)(=O)Nc1ccc2c(c1)CC(=O)N2C. The van der Waals surface area contributed by atoms with E-state index in [1.54, 1.807) is 25.2 Å². The molecule has 1 aliphatic heterocycles. The Hall–Kier alpha value is -2.41. The van der Waals surface area contributed by atoms with Crippen molar-refractivity contribution in [1.29, 1.82) is 0 Å². The Labute approximate surface area is 133 Å². The highest BCUT2D eigenvalue weighted by atomic mass is 32.2. The predicted octanol–water partition coefficient (Wildman–Crippen LogP) is 2.45. The lowest BCUT2D eigenvalue weighted by molar-refractivity contribution is -0.117. The van der Waals surface area contributed by atoms with E-state index < -0.39 is 15.8 Å². The average molecular weight is 334 g/mol. The molecule has 0 saturated heterocycles. The van der Waals surface area contributed by atoms with Gasteiger partial charge in [-0.15, -0.1) is 0 Å². The molecule has 0 atom stereocenters. The summed E-state index contributed by atoms with van der Waals surface area (Å²) < 4.78 is 40.5. The number of hydrogen-bond acceptors (Lipinski definition) is 3. The fourth-order valence-electron chi connectivity index (χ4n) is 2.66. The summed E-state index contributed by atoms with van der Waals surface area (Å²) in [6.45, 7) is 1.54. The van der Waals surface area contributed by atoms with Crippen LogP contribution >= 0.6 is 0 Å². The number of likely N-dealkylation sites (N-methyl/N-ethyl adjacent to an activating group) is 1. The summed E-state index contributed by atoms with van der Waals surface area (Å²) in [5.74, 6) is -0.519.